The summed E-state index contributed by atoms with van der Waals surface area (Å²) in [7, 11) is 11.5. The van der Waals surface area contributed by atoms with E-state index in [9.17, 15) is 0 Å². The summed E-state index contributed by atoms with van der Waals surface area (Å²) >= 11 is -1.44. The van der Waals surface area contributed by atoms with Gasteiger partial charge >= 0.3 is 12.3 Å². The van der Waals surface area contributed by atoms with Crippen molar-refractivity contribution >= 4 is 32.4 Å². The molecule has 0 amide bonds. The molecule has 0 rings (SSSR count). The van der Waals surface area contributed by atoms with Crippen LogP contribution < -0.4 is 0 Å². The predicted octanol–water partition coefficient (Wildman–Crippen LogP) is 3.14. The molecule has 8 heavy (non-hydrogen) atoms. The molecule has 3 heteroatoms. The fraction of sp³-hybridized carbons (Fsp3) is 1.00. The Morgan fingerprint density at radius 1 is 1.38 bits per heavy atom. The lowest BCUT2D eigenvalue weighted by Gasteiger charge is -2.19. The molecule has 0 spiro atoms. The minimum Gasteiger partial charge on any atom is -0.233 e. The largest absolute Gasteiger partial charge is 0.525 e. The normalized spacial score (nSPS) is 11.6. The van der Waals surface area contributed by atoms with Crippen molar-refractivity contribution in [2.24, 2.45) is 0 Å². The van der Waals surface area contributed by atoms with Gasteiger partial charge in [0.25, 0.3) is 0 Å². The first-order chi connectivity index (χ1) is 3.50. The van der Waals surface area contributed by atoms with Crippen molar-refractivity contribution in [3.8, 4) is 0 Å². The van der Waals surface area contributed by atoms with Gasteiger partial charge in [-0.15, -0.1) is 0 Å². The molecule has 0 aliphatic rings. The van der Waals surface area contributed by atoms with E-state index in [0.29, 0.717) is 0 Å². The third kappa shape index (κ3) is 2.60. The van der Waals surface area contributed by atoms with Crippen LogP contribution in [0.2, 0.25) is 4.28 Å². The van der Waals surface area contributed by atoms with Gasteiger partial charge in [0.1, 0.15) is 0 Å². The molecule has 0 N–H and O–H groups in total. The third-order valence-electron chi connectivity index (χ3n) is 1.50. The molecule has 0 fully saturated rings. The van der Waals surface area contributed by atoms with Crippen molar-refractivity contribution in [2.75, 3.05) is 0 Å². The van der Waals surface area contributed by atoms with Crippen LogP contribution in [0.15, 0.2) is 0 Å². The van der Waals surface area contributed by atoms with E-state index in [2.05, 4.69) is 20.8 Å². The van der Waals surface area contributed by atoms with Crippen molar-refractivity contribution in [2.45, 2.75) is 31.5 Å². The topological polar surface area (TPSA) is 0 Å². The van der Waals surface area contributed by atoms with Gasteiger partial charge in [-0.05, 0) is 4.28 Å². The van der Waals surface area contributed by atoms with Gasteiger partial charge in [-0.2, -0.15) is 0 Å². The quantitative estimate of drug-likeness (QED) is 0.557. The summed E-state index contributed by atoms with van der Waals surface area (Å²) in [5.41, 5.74) is 0. The molecule has 0 heterocycles. The lowest BCUT2D eigenvalue weighted by Crippen LogP contribution is -2.14. The Labute approximate surface area is 64.0 Å². The van der Waals surface area contributed by atoms with E-state index in [0.717, 1.165) is 6.42 Å². The van der Waals surface area contributed by atoms with Gasteiger partial charge in [-0.25, -0.2) is 20.1 Å². The van der Waals surface area contributed by atoms with E-state index >= 15 is 0 Å². The predicted molar refractivity (Wildman–Crippen MR) is 41.8 cm³/mol. The zero-order chi connectivity index (χ0) is 6.78. The van der Waals surface area contributed by atoms with Gasteiger partial charge in [0, 0.05) is 0 Å². The lowest BCUT2D eigenvalue weighted by molar-refractivity contribution is 0.647. The number of hydrogen-bond donors (Lipinski definition) is 0. The average molecular weight is 169 g/mol. The fourth-order valence-corrected chi connectivity index (χ4v) is 1.39. The van der Waals surface area contributed by atoms with Gasteiger partial charge in [-0.3, -0.25) is 0 Å². The van der Waals surface area contributed by atoms with Gasteiger partial charge in [0.05, 0.1) is 0 Å². The van der Waals surface area contributed by atoms with Crippen molar-refractivity contribution in [1.29, 1.82) is 0 Å². The van der Waals surface area contributed by atoms with Crippen molar-refractivity contribution < 1.29 is 0 Å². The Kier molecular flexibility index (Phi) is 3.79. The van der Waals surface area contributed by atoms with E-state index in [4.69, 9.17) is 20.1 Å². The van der Waals surface area contributed by atoms with Gasteiger partial charge in [0.15, 0.2) is 0 Å². The van der Waals surface area contributed by atoms with Crippen molar-refractivity contribution in [3.63, 3.8) is 0 Å². The van der Waals surface area contributed by atoms with Crippen LogP contribution in [0.5, 0.6) is 0 Å². The van der Waals surface area contributed by atoms with E-state index < -0.39 is 12.3 Å². The van der Waals surface area contributed by atoms with Crippen LogP contribution in [0.4, 0.5) is 0 Å². The molecule has 0 aromatic rings. The van der Waals surface area contributed by atoms with Crippen molar-refractivity contribution in [3.05, 3.63) is 0 Å². The molecular weight excluding hydrogens is 158 g/mol. The smallest absolute Gasteiger partial charge is 0.233 e. The molecule has 0 aromatic carbocycles. The van der Waals surface area contributed by atoms with Gasteiger partial charge in [0.2, 0.25) is 0 Å². The molecule has 0 aliphatic carbocycles. The van der Waals surface area contributed by atoms with Gasteiger partial charge in [-0.1, -0.05) is 27.2 Å². The Balaban J connectivity index is 3.71. The van der Waals surface area contributed by atoms with Crippen LogP contribution >= 0.6 is 20.1 Å². The van der Waals surface area contributed by atoms with Crippen LogP contribution in [0.25, 0.3) is 0 Å². The highest BCUT2D eigenvalue weighted by Gasteiger charge is 2.31. The highest BCUT2D eigenvalue weighted by molar-refractivity contribution is 7.35. The summed E-state index contributed by atoms with van der Waals surface area (Å²) in [6.45, 7) is 6.35. The maximum Gasteiger partial charge on any atom is 0.525 e. The fourth-order valence-electron chi connectivity index (χ4n) is 0.154. The lowest BCUT2D eigenvalue weighted by atomic mass is 10.1. The number of halogens is 2. The maximum absolute atomic E-state index is 5.77. The first-order valence-electron chi connectivity index (χ1n) is 2.79. The monoisotopic (exact) mass is 168 g/mol. The van der Waals surface area contributed by atoms with Crippen molar-refractivity contribution in [1.82, 2.24) is 0 Å². The van der Waals surface area contributed by atoms with E-state index in [-0.39, 0.29) is 4.28 Å². The summed E-state index contributed by atoms with van der Waals surface area (Å²) in [5.74, 6) is 0. The van der Waals surface area contributed by atoms with Crippen LogP contribution in [-0.2, 0) is 0 Å². The zero-order valence-electron chi connectivity index (χ0n) is 5.54. The molecular formula is C5H11AlCl2. The third-order valence-corrected chi connectivity index (χ3v) is 6.64. The maximum atomic E-state index is 5.77. The standard InChI is InChI=1S/C5H11.Al.2ClH/c1-4-5(2)3;;;/h4H2,1-3H3;;2*1H/q;+2;;/p-2. The Morgan fingerprint density at radius 3 is 1.75 bits per heavy atom. The second-order valence-electron chi connectivity index (χ2n) is 2.64. The minimum absolute atomic E-state index is 0.211. The molecule has 0 unspecified atom stereocenters. The first kappa shape index (κ1) is 9.11. The Hall–Kier alpha value is 1.11. The van der Waals surface area contributed by atoms with E-state index in [1.807, 2.05) is 0 Å². The van der Waals surface area contributed by atoms with Gasteiger partial charge < -0.3 is 0 Å². The summed E-state index contributed by atoms with van der Waals surface area (Å²) < 4.78 is 0.211. The van der Waals surface area contributed by atoms with Crippen LogP contribution in [0.1, 0.15) is 27.2 Å². The first-order valence-corrected chi connectivity index (χ1v) is 6.85. The van der Waals surface area contributed by atoms with Crippen LogP contribution in [-0.4, -0.2) is 12.3 Å². The summed E-state index contributed by atoms with van der Waals surface area (Å²) in [4.78, 5) is 0. The Morgan fingerprint density at radius 2 is 1.75 bits per heavy atom. The molecule has 48 valence electrons. The molecule has 0 radical (unpaired) electrons. The van der Waals surface area contributed by atoms with E-state index in [1.54, 1.807) is 0 Å². The average Bonchev–Trinajstić information content (AvgIpc) is 1.67. The summed E-state index contributed by atoms with van der Waals surface area (Å²) in [6, 6.07) is 0. The summed E-state index contributed by atoms with van der Waals surface area (Å²) in [5, 5.41) is 0. The highest BCUT2D eigenvalue weighted by atomic mass is 35.7. The number of hydrogen-bond acceptors (Lipinski definition) is 0. The highest BCUT2D eigenvalue weighted by Crippen LogP contribution is 2.35. The molecule has 0 atom stereocenters. The second kappa shape index (κ2) is 3.32. The second-order valence-corrected chi connectivity index (χ2v) is 8.10. The van der Waals surface area contributed by atoms with Crippen LogP contribution in [0, 0.1) is 0 Å². The Bertz CT molecular complexity index is 70.8. The summed E-state index contributed by atoms with van der Waals surface area (Å²) in [6.07, 6.45) is 1.08. The SMILES string of the molecule is CC[C](C)(C)[Al]([Cl])[Cl]. The molecule has 0 nitrogen and oxygen atoms in total. The molecule has 0 bridgehead atoms. The molecule has 0 aromatic heterocycles. The molecule has 0 aliphatic heterocycles. The zero-order valence-corrected chi connectivity index (χ0v) is 8.21. The number of rotatable bonds is 2. The minimum atomic E-state index is -1.44. The molecule has 0 saturated heterocycles. The molecule has 0 saturated carbocycles. The van der Waals surface area contributed by atoms with E-state index in [1.165, 1.54) is 0 Å². The van der Waals surface area contributed by atoms with Crippen LogP contribution in [0.3, 0.4) is 0 Å².